The molecular formula is C26H25N3O6S. The minimum absolute atomic E-state index is 0.0419. The van der Waals surface area contributed by atoms with Crippen LogP contribution in [0.5, 0.6) is 5.75 Å². The van der Waals surface area contributed by atoms with Crippen molar-refractivity contribution >= 4 is 33.2 Å². The number of ketones is 1. The molecule has 36 heavy (non-hydrogen) atoms. The standard InChI is InChI=1S/C26H25N3O6S/c1-15(2)35-21-11-6-17(13-16(21)3)24(30)22-23(18-5-4-12-28-14-18)29(26(32)25(22)31)19-7-9-20(10-8-19)36(27,33)34/h4-15,23,30H,1-3H3,(H2,27,33,34)/b24-22+. The molecule has 2 heterocycles. The van der Waals surface area contributed by atoms with Crippen LogP contribution in [0.2, 0.25) is 0 Å². The first-order chi connectivity index (χ1) is 17.0. The SMILES string of the molecule is Cc1cc(/C(O)=C2\C(=O)C(=O)N(c3ccc(S(N)(=O)=O)cc3)C2c2cccnc2)ccc1OC(C)C. The highest BCUT2D eigenvalue weighted by molar-refractivity contribution is 7.89. The van der Waals surface area contributed by atoms with E-state index < -0.39 is 27.8 Å². The average Bonchev–Trinajstić information content (AvgIpc) is 3.10. The molecule has 0 spiro atoms. The summed E-state index contributed by atoms with van der Waals surface area (Å²) in [6.45, 7) is 5.62. The first kappa shape index (κ1) is 25.1. The topological polar surface area (TPSA) is 140 Å². The number of nitrogens with zero attached hydrogens (tertiary/aromatic N) is 2. The fraction of sp³-hybridized carbons (Fsp3) is 0.192. The molecule has 0 aliphatic carbocycles. The molecule has 0 radical (unpaired) electrons. The van der Waals surface area contributed by atoms with Crippen molar-refractivity contribution in [3.05, 3.63) is 89.3 Å². The van der Waals surface area contributed by atoms with E-state index in [1.54, 1.807) is 36.5 Å². The number of aryl methyl sites for hydroxylation is 1. The Balaban J connectivity index is 1.87. The van der Waals surface area contributed by atoms with Crippen molar-refractivity contribution in [2.75, 3.05) is 4.90 Å². The van der Waals surface area contributed by atoms with Gasteiger partial charge in [-0.25, -0.2) is 13.6 Å². The third-order valence-corrected chi connectivity index (χ3v) is 6.63. The van der Waals surface area contributed by atoms with Crippen LogP contribution < -0.4 is 14.8 Å². The number of carbonyl (C=O) groups excluding carboxylic acids is 2. The van der Waals surface area contributed by atoms with Crippen molar-refractivity contribution in [3.63, 3.8) is 0 Å². The summed E-state index contributed by atoms with van der Waals surface area (Å²) < 4.78 is 29.1. The van der Waals surface area contributed by atoms with Crippen LogP contribution in [0.25, 0.3) is 5.76 Å². The molecule has 0 saturated carbocycles. The zero-order valence-electron chi connectivity index (χ0n) is 19.9. The predicted molar refractivity (Wildman–Crippen MR) is 134 cm³/mol. The van der Waals surface area contributed by atoms with E-state index in [1.807, 2.05) is 20.8 Å². The van der Waals surface area contributed by atoms with Gasteiger partial charge in [-0.1, -0.05) is 6.07 Å². The first-order valence-corrected chi connectivity index (χ1v) is 12.6. The molecule has 186 valence electrons. The van der Waals surface area contributed by atoms with Gasteiger partial charge in [0.1, 0.15) is 11.5 Å². The number of rotatable bonds is 6. The van der Waals surface area contributed by atoms with Crippen LogP contribution in [-0.2, 0) is 19.6 Å². The van der Waals surface area contributed by atoms with Crippen molar-refractivity contribution in [2.24, 2.45) is 5.14 Å². The highest BCUT2D eigenvalue weighted by atomic mass is 32.2. The number of aliphatic hydroxyl groups excluding tert-OH is 1. The molecule has 1 amide bonds. The number of nitrogens with two attached hydrogens (primary N) is 1. The third-order valence-electron chi connectivity index (χ3n) is 5.70. The van der Waals surface area contributed by atoms with Gasteiger partial charge in [0, 0.05) is 23.6 Å². The van der Waals surface area contributed by atoms with Gasteiger partial charge >= 0.3 is 0 Å². The molecule has 0 bridgehead atoms. The molecule has 1 fully saturated rings. The Bertz CT molecular complexity index is 1470. The predicted octanol–water partition coefficient (Wildman–Crippen LogP) is 3.45. The number of benzene rings is 2. The van der Waals surface area contributed by atoms with E-state index in [9.17, 15) is 23.1 Å². The Morgan fingerprint density at radius 3 is 2.36 bits per heavy atom. The molecule has 1 aliphatic rings. The van der Waals surface area contributed by atoms with E-state index in [-0.39, 0.29) is 28.0 Å². The molecule has 2 aromatic carbocycles. The Morgan fingerprint density at radius 2 is 1.81 bits per heavy atom. The number of anilines is 1. The van der Waals surface area contributed by atoms with Crippen molar-refractivity contribution in [1.82, 2.24) is 4.98 Å². The second kappa shape index (κ2) is 9.56. The van der Waals surface area contributed by atoms with E-state index in [1.165, 1.54) is 35.4 Å². The summed E-state index contributed by atoms with van der Waals surface area (Å²) in [6, 6.07) is 12.6. The number of carbonyl (C=O) groups is 2. The lowest BCUT2D eigenvalue weighted by Gasteiger charge is -2.25. The number of primary sulfonamides is 1. The summed E-state index contributed by atoms with van der Waals surface area (Å²) in [6.07, 6.45) is 3.01. The maximum Gasteiger partial charge on any atom is 0.300 e. The Kier molecular flexibility index (Phi) is 6.66. The largest absolute Gasteiger partial charge is 0.507 e. The molecule has 9 nitrogen and oxygen atoms in total. The van der Waals surface area contributed by atoms with Gasteiger partial charge in [-0.2, -0.15) is 0 Å². The molecule has 3 aromatic rings. The van der Waals surface area contributed by atoms with Gasteiger partial charge in [-0.15, -0.1) is 0 Å². The number of Topliss-reactive ketones (excluding diaryl/α,β-unsaturated/α-hetero) is 1. The van der Waals surface area contributed by atoms with E-state index in [0.717, 1.165) is 5.56 Å². The lowest BCUT2D eigenvalue weighted by atomic mass is 9.95. The molecule has 4 rings (SSSR count). The molecule has 3 N–H and O–H groups in total. The number of ether oxygens (including phenoxy) is 1. The molecular weight excluding hydrogens is 482 g/mol. The molecule has 1 saturated heterocycles. The van der Waals surface area contributed by atoms with Gasteiger partial charge in [-0.3, -0.25) is 19.5 Å². The zero-order valence-corrected chi connectivity index (χ0v) is 20.7. The van der Waals surface area contributed by atoms with Crippen LogP contribution >= 0.6 is 0 Å². The van der Waals surface area contributed by atoms with Crippen LogP contribution in [0.15, 0.2) is 77.5 Å². The molecule has 1 aromatic heterocycles. The van der Waals surface area contributed by atoms with Crippen molar-refractivity contribution in [2.45, 2.75) is 37.8 Å². The highest BCUT2D eigenvalue weighted by Gasteiger charge is 2.47. The quantitative estimate of drug-likeness (QED) is 0.296. The maximum atomic E-state index is 13.2. The fourth-order valence-corrected chi connectivity index (χ4v) is 4.60. The van der Waals surface area contributed by atoms with E-state index in [2.05, 4.69) is 4.98 Å². The number of aromatic nitrogens is 1. The Morgan fingerprint density at radius 1 is 1.11 bits per heavy atom. The summed E-state index contributed by atoms with van der Waals surface area (Å²) in [4.78, 5) is 31.6. The van der Waals surface area contributed by atoms with Gasteiger partial charge in [-0.05, 0) is 80.4 Å². The Hall–Kier alpha value is -4.02. The van der Waals surface area contributed by atoms with Crippen LogP contribution in [0.4, 0.5) is 5.69 Å². The molecule has 10 heteroatoms. The zero-order chi connectivity index (χ0) is 26.2. The Labute approximate surface area is 208 Å². The highest BCUT2D eigenvalue weighted by Crippen LogP contribution is 2.42. The van der Waals surface area contributed by atoms with Crippen LogP contribution in [0.3, 0.4) is 0 Å². The monoisotopic (exact) mass is 507 g/mol. The second-order valence-electron chi connectivity index (χ2n) is 8.64. The van der Waals surface area contributed by atoms with Crippen molar-refractivity contribution in [1.29, 1.82) is 0 Å². The summed E-state index contributed by atoms with van der Waals surface area (Å²) in [5.74, 6) is -1.45. The maximum absolute atomic E-state index is 13.2. The van der Waals surface area contributed by atoms with E-state index in [4.69, 9.17) is 9.88 Å². The van der Waals surface area contributed by atoms with E-state index in [0.29, 0.717) is 16.9 Å². The summed E-state index contributed by atoms with van der Waals surface area (Å²) in [7, 11) is -3.95. The van der Waals surface area contributed by atoms with Gasteiger partial charge in [0.2, 0.25) is 10.0 Å². The molecule has 1 aliphatic heterocycles. The van der Waals surface area contributed by atoms with Gasteiger partial charge in [0.05, 0.1) is 22.6 Å². The summed E-state index contributed by atoms with van der Waals surface area (Å²) in [5.41, 5.74) is 1.73. The second-order valence-corrected chi connectivity index (χ2v) is 10.2. The van der Waals surface area contributed by atoms with Gasteiger partial charge < -0.3 is 9.84 Å². The van der Waals surface area contributed by atoms with Crippen LogP contribution in [0.1, 0.15) is 36.6 Å². The molecule has 1 atom stereocenters. The van der Waals surface area contributed by atoms with Crippen molar-refractivity contribution in [3.8, 4) is 5.75 Å². The lowest BCUT2D eigenvalue weighted by molar-refractivity contribution is -0.132. The van der Waals surface area contributed by atoms with Gasteiger partial charge in [0.15, 0.2) is 0 Å². The van der Waals surface area contributed by atoms with Crippen LogP contribution in [-0.4, -0.2) is 36.3 Å². The number of pyridine rings is 1. The number of amides is 1. The first-order valence-electron chi connectivity index (χ1n) is 11.1. The normalized spacial score (nSPS) is 17.6. The number of sulfonamides is 1. The third kappa shape index (κ3) is 4.73. The fourth-order valence-electron chi connectivity index (χ4n) is 4.09. The van der Waals surface area contributed by atoms with Gasteiger partial charge in [0.25, 0.3) is 11.7 Å². The van der Waals surface area contributed by atoms with E-state index >= 15 is 0 Å². The van der Waals surface area contributed by atoms with Crippen LogP contribution in [0, 0.1) is 6.92 Å². The summed E-state index contributed by atoms with van der Waals surface area (Å²) >= 11 is 0. The number of hydrogen-bond acceptors (Lipinski definition) is 7. The minimum Gasteiger partial charge on any atom is -0.507 e. The number of hydrogen-bond donors (Lipinski definition) is 2. The lowest BCUT2D eigenvalue weighted by Crippen LogP contribution is -2.29. The minimum atomic E-state index is -3.95. The van der Waals surface area contributed by atoms with Crippen molar-refractivity contribution < 1.29 is 27.9 Å². The number of aliphatic hydroxyl groups is 1. The smallest absolute Gasteiger partial charge is 0.300 e. The molecule has 1 unspecified atom stereocenters. The average molecular weight is 508 g/mol. The summed E-state index contributed by atoms with van der Waals surface area (Å²) in [5, 5.41) is 16.5.